The van der Waals surface area contributed by atoms with E-state index >= 15 is 0 Å². The van der Waals surface area contributed by atoms with Crippen molar-refractivity contribution in [2.45, 2.75) is 17.0 Å². The highest BCUT2D eigenvalue weighted by molar-refractivity contribution is 6.15. The number of hydrogen-bond acceptors (Lipinski definition) is 4. The summed E-state index contributed by atoms with van der Waals surface area (Å²) in [6, 6.07) is 73.6. The second-order valence-electron chi connectivity index (χ2n) is 17.0. The van der Waals surface area contributed by atoms with Gasteiger partial charge in [-0.3, -0.25) is 4.98 Å². The van der Waals surface area contributed by atoms with Crippen LogP contribution in [0.3, 0.4) is 0 Å². The first-order valence-corrected chi connectivity index (χ1v) is 21.5. The summed E-state index contributed by atoms with van der Waals surface area (Å²) in [5, 5.41) is 3.69. The molecule has 0 amide bonds. The van der Waals surface area contributed by atoms with Gasteiger partial charge in [0.1, 0.15) is 11.5 Å². The fraction of sp³-hybridized carbons (Fsp3) is 0.0517. The molecule has 1 atom stereocenters. The lowest BCUT2D eigenvalue weighted by molar-refractivity contribution is 0.742. The topological polar surface area (TPSA) is 49.6 Å². The average molecular weight is 789 g/mol. The lowest BCUT2D eigenvalue weighted by atomic mass is 9.70. The molecule has 0 saturated heterocycles. The maximum absolute atomic E-state index is 5.54. The molecule has 14 rings (SSSR count). The largest absolute Gasteiger partial charge is 0.323 e. The molecule has 1 aliphatic heterocycles. The normalized spacial score (nSPS) is 16.8. The zero-order valence-corrected chi connectivity index (χ0v) is 33.5. The Balaban J connectivity index is 0.976. The summed E-state index contributed by atoms with van der Waals surface area (Å²) in [6.45, 7) is 0. The number of amidine groups is 2. The minimum atomic E-state index is -0.520. The summed E-state index contributed by atoms with van der Waals surface area (Å²) in [7, 11) is 0. The first-order chi connectivity index (χ1) is 30.7. The summed E-state index contributed by atoms with van der Waals surface area (Å²) >= 11 is 0. The molecule has 4 heteroatoms. The van der Waals surface area contributed by atoms with Crippen molar-refractivity contribution in [3.8, 4) is 44.5 Å². The molecule has 1 aromatic heterocycles. The van der Waals surface area contributed by atoms with Crippen molar-refractivity contribution in [2.75, 3.05) is 0 Å². The first kappa shape index (κ1) is 33.8. The SMILES string of the molecule is c1ccc(C2=NC(c3ccc4c(c3)C3(c5ccccc5-c5ccccc53)c3ccccc3-4)N=C(c3ccc4c(c3)C3(c5ccccc5-c5ccccc53)c3ccccc3-4)N2)nc1. The van der Waals surface area contributed by atoms with Crippen LogP contribution in [-0.2, 0) is 10.8 Å². The van der Waals surface area contributed by atoms with Crippen molar-refractivity contribution in [3.05, 3.63) is 268 Å². The number of aliphatic imine (C=N–C) groups is 2. The van der Waals surface area contributed by atoms with Crippen molar-refractivity contribution in [2.24, 2.45) is 9.98 Å². The molecule has 2 heterocycles. The fourth-order valence-corrected chi connectivity index (χ4v) is 11.9. The number of hydrogen-bond donors (Lipinski definition) is 1. The van der Waals surface area contributed by atoms with Crippen molar-refractivity contribution >= 4 is 11.7 Å². The quantitative estimate of drug-likeness (QED) is 0.194. The molecule has 62 heavy (non-hydrogen) atoms. The molecule has 5 aliphatic rings. The number of pyridine rings is 1. The van der Waals surface area contributed by atoms with Gasteiger partial charge in [0.2, 0.25) is 0 Å². The van der Waals surface area contributed by atoms with E-state index < -0.39 is 17.0 Å². The lowest BCUT2D eigenvalue weighted by Crippen LogP contribution is -2.37. The maximum Gasteiger partial charge on any atom is 0.169 e. The number of fused-ring (bicyclic) bond motifs is 20. The molecule has 0 fully saturated rings. The van der Waals surface area contributed by atoms with Gasteiger partial charge in [-0.05, 0) is 119 Å². The minimum absolute atomic E-state index is 0.459. The maximum atomic E-state index is 5.54. The summed E-state index contributed by atoms with van der Waals surface area (Å²) in [6.07, 6.45) is 1.31. The van der Waals surface area contributed by atoms with Gasteiger partial charge in [0.05, 0.1) is 10.8 Å². The number of aromatic nitrogens is 1. The average Bonchev–Trinajstić information content (AvgIpc) is 4.03. The van der Waals surface area contributed by atoms with Crippen LogP contribution in [0.5, 0.6) is 0 Å². The smallest absolute Gasteiger partial charge is 0.169 e. The predicted octanol–water partition coefficient (Wildman–Crippen LogP) is 12.3. The molecular weight excluding hydrogens is 753 g/mol. The van der Waals surface area contributed by atoms with Crippen molar-refractivity contribution in [1.82, 2.24) is 10.3 Å². The van der Waals surface area contributed by atoms with Crippen molar-refractivity contribution in [3.63, 3.8) is 0 Å². The molecule has 0 radical (unpaired) electrons. The molecule has 4 aliphatic carbocycles. The summed E-state index contributed by atoms with van der Waals surface area (Å²) in [5.74, 6) is 1.47. The Morgan fingerprint density at radius 2 is 0.726 bits per heavy atom. The standard InChI is InChI=1S/C58H36N4/c1-7-21-45-37(15-1)38-16-2-8-22-46(38)57(45)49-25-11-5-19-41(49)43-30-28-35(33-51(43)57)54-60-55(62-56(61-54)53-27-13-14-32-59-53)36-29-31-44-42-20-6-12-26-50(42)58(52(44)34-36)47-23-9-3-17-39(47)40-18-4-10-24-48(40)58/h1-34,54H,(H,60,61,62). The third-order valence-electron chi connectivity index (χ3n) is 14.2. The van der Waals surface area contributed by atoms with E-state index in [1.807, 2.05) is 24.4 Å². The Labute approximate surface area is 359 Å². The van der Waals surface area contributed by atoms with Crippen LogP contribution in [0.15, 0.2) is 216 Å². The fourth-order valence-electron chi connectivity index (χ4n) is 11.9. The van der Waals surface area contributed by atoms with Crippen LogP contribution in [0.4, 0.5) is 0 Å². The molecule has 0 bridgehead atoms. The van der Waals surface area contributed by atoms with E-state index in [1.165, 1.54) is 89.0 Å². The molecule has 1 N–H and O–H groups in total. The molecule has 2 spiro atoms. The molecule has 4 nitrogen and oxygen atoms in total. The van der Waals surface area contributed by atoms with Crippen LogP contribution in [0.2, 0.25) is 0 Å². The molecule has 288 valence electrons. The van der Waals surface area contributed by atoms with Crippen molar-refractivity contribution < 1.29 is 0 Å². The zero-order chi connectivity index (χ0) is 40.6. The Hall–Kier alpha value is -7.95. The van der Waals surface area contributed by atoms with Crippen LogP contribution in [0.1, 0.15) is 67.5 Å². The number of nitrogens with one attached hydrogen (secondary N) is 1. The van der Waals surface area contributed by atoms with E-state index in [0.717, 1.165) is 22.7 Å². The van der Waals surface area contributed by atoms with E-state index in [9.17, 15) is 0 Å². The minimum Gasteiger partial charge on any atom is -0.323 e. The molecule has 0 saturated carbocycles. The van der Waals surface area contributed by atoms with Gasteiger partial charge in [-0.15, -0.1) is 0 Å². The second-order valence-corrected chi connectivity index (χ2v) is 17.0. The van der Waals surface area contributed by atoms with Gasteiger partial charge in [-0.2, -0.15) is 0 Å². The van der Waals surface area contributed by atoms with Gasteiger partial charge in [-0.25, -0.2) is 9.98 Å². The monoisotopic (exact) mass is 788 g/mol. The summed E-state index contributed by atoms with van der Waals surface area (Å²) in [5.41, 5.74) is 22.6. The number of rotatable bonds is 3. The first-order valence-electron chi connectivity index (χ1n) is 21.5. The van der Waals surface area contributed by atoms with Crippen LogP contribution >= 0.6 is 0 Å². The third kappa shape index (κ3) is 4.18. The number of benzene rings is 8. The van der Waals surface area contributed by atoms with Crippen LogP contribution < -0.4 is 5.32 Å². The Bertz CT molecular complexity index is 3340. The van der Waals surface area contributed by atoms with Gasteiger partial charge in [0.15, 0.2) is 12.0 Å². The van der Waals surface area contributed by atoms with Gasteiger partial charge < -0.3 is 5.32 Å². The second kappa shape index (κ2) is 12.3. The third-order valence-corrected chi connectivity index (χ3v) is 14.2. The van der Waals surface area contributed by atoms with Gasteiger partial charge in [0.25, 0.3) is 0 Å². The number of nitrogens with zero attached hydrogens (tertiary/aromatic N) is 3. The van der Waals surface area contributed by atoms with Crippen LogP contribution in [0, 0.1) is 0 Å². The van der Waals surface area contributed by atoms with E-state index in [1.54, 1.807) is 0 Å². The van der Waals surface area contributed by atoms with E-state index in [4.69, 9.17) is 15.0 Å². The van der Waals surface area contributed by atoms with Crippen LogP contribution in [-0.4, -0.2) is 16.7 Å². The Morgan fingerprint density at radius 3 is 1.18 bits per heavy atom. The molecule has 1 unspecified atom stereocenters. The highest BCUT2D eigenvalue weighted by Crippen LogP contribution is 2.64. The van der Waals surface area contributed by atoms with Gasteiger partial charge >= 0.3 is 0 Å². The molecule has 9 aromatic rings. The zero-order valence-electron chi connectivity index (χ0n) is 33.5. The summed E-state index contributed by atoms with van der Waals surface area (Å²) < 4.78 is 0. The van der Waals surface area contributed by atoms with Gasteiger partial charge in [-0.1, -0.05) is 176 Å². The highest BCUT2D eigenvalue weighted by Gasteiger charge is 2.53. The van der Waals surface area contributed by atoms with E-state index in [2.05, 4.69) is 187 Å². The van der Waals surface area contributed by atoms with E-state index in [0.29, 0.717) is 5.84 Å². The van der Waals surface area contributed by atoms with Crippen LogP contribution in [0.25, 0.3) is 44.5 Å². The van der Waals surface area contributed by atoms with Crippen molar-refractivity contribution in [1.29, 1.82) is 0 Å². The van der Waals surface area contributed by atoms with E-state index in [-0.39, 0.29) is 0 Å². The Kier molecular flexibility index (Phi) is 6.72. The molecule has 8 aromatic carbocycles. The predicted molar refractivity (Wildman–Crippen MR) is 249 cm³/mol. The molecular formula is C58H36N4. The Morgan fingerprint density at radius 1 is 0.339 bits per heavy atom. The highest BCUT2D eigenvalue weighted by atomic mass is 15.2. The lowest BCUT2D eigenvalue weighted by Gasteiger charge is -2.31. The van der Waals surface area contributed by atoms with Gasteiger partial charge in [0, 0.05) is 11.8 Å². The summed E-state index contributed by atoms with van der Waals surface area (Å²) in [4.78, 5) is 15.7.